The second-order valence-corrected chi connectivity index (χ2v) is 5.44. The highest BCUT2D eigenvalue weighted by molar-refractivity contribution is 6.11. The molecule has 0 heterocycles. The molecule has 0 unspecified atom stereocenters. The molecule has 1 aliphatic carbocycles. The van der Waals surface area contributed by atoms with E-state index in [1.807, 2.05) is 0 Å². The molecule has 0 aromatic heterocycles. The monoisotopic (exact) mass is 300 g/mol. The molecule has 1 fully saturated rings. The Morgan fingerprint density at radius 1 is 0.727 bits per heavy atom. The van der Waals surface area contributed by atoms with Crippen LogP contribution in [-0.2, 0) is 0 Å². The van der Waals surface area contributed by atoms with E-state index in [0.717, 1.165) is 0 Å². The predicted octanol–water partition coefficient (Wildman–Crippen LogP) is 4.58. The van der Waals surface area contributed by atoms with Crippen LogP contribution in [0.15, 0.2) is 36.4 Å². The van der Waals surface area contributed by atoms with Crippen LogP contribution in [0.4, 0.5) is 0 Å². The van der Waals surface area contributed by atoms with Gasteiger partial charge in [-0.1, -0.05) is 68.9 Å². The van der Waals surface area contributed by atoms with E-state index in [-0.39, 0.29) is 11.1 Å². The van der Waals surface area contributed by atoms with Crippen LogP contribution in [0.25, 0.3) is 10.8 Å². The lowest BCUT2D eigenvalue weighted by Crippen LogP contribution is -2.08. The van der Waals surface area contributed by atoms with Crippen LogP contribution >= 0.6 is 0 Å². The third-order valence-electron chi connectivity index (χ3n) is 3.87. The van der Waals surface area contributed by atoms with Gasteiger partial charge in [0.1, 0.15) is 0 Å². The van der Waals surface area contributed by atoms with E-state index < -0.39 is 11.9 Å². The largest absolute Gasteiger partial charge is 0.478 e. The van der Waals surface area contributed by atoms with Crippen LogP contribution in [0.5, 0.6) is 0 Å². The molecular formula is C18H20O4. The standard InChI is InChI=1S/C12H8O4.C6H12/c13-11(14)9-6-5-7-3-1-2-4-8(7)10(9)12(15)16;1-2-4-6-5-3-1/h1-6H,(H,13,14)(H,15,16);1-6H2. The minimum absolute atomic E-state index is 0.161. The maximum atomic E-state index is 11.1. The molecule has 0 aliphatic heterocycles. The number of carbonyl (C=O) groups is 2. The Labute approximate surface area is 129 Å². The molecule has 0 bridgehead atoms. The topological polar surface area (TPSA) is 74.6 Å². The molecule has 0 spiro atoms. The summed E-state index contributed by atoms with van der Waals surface area (Å²) in [5.41, 5.74) is -0.350. The van der Waals surface area contributed by atoms with E-state index in [1.54, 1.807) is 30.3 Å². The van der Waals surface area contributed by atoms with E-state index in [9.17, 15) is 9.59 Å². The number of rotatable bonds is 2. The summed E-state index contributed by atoms with van der Waals surface area (Å²) < 4.78 is 0. The maximum absolute atomic E-state index is 11.1. The van der Waals surface area contributed by atoms with Crippen molar-refractivity contribution in [2.45, 2.75) is 38.5 Å². The van der Waals surface area contributed by atoms with Crippen molar-refractivity contribution in [3.63, 3.8) is 0 Å². The molecule has 3 rings (SSSR count). The van der Waals surface area contributed by atoms with Crippen LogP contribution in [0.1, 0.15) is 59.2 Å². The third kappa shape index (κ3) is 3.85. The molecule has 0 atom stereocenters. The van der Waals surface area contributed by atoms with Gasteiger partial charge in [-0.15, -0.1) is 0 Å². The van der Waals surface area contributed by atoms with Gasteiger partial charge < -0.3 is 10.2 Å². The van der Waals surface area contributed by atoms with Crippen molar-refractivity contribution in [2.24, 2.45) is 0 Å². The molecule has 0 radical (unpaired) electrons. The first-order valence-corrected chi connectivity index (χ1v) is 7.59. The number of carboxylic acid groups (broad SMARTS) is 2. The number of carboxylic acids is 2. The number of fused-ring (bicyclic) bond motifs is 1. The first kappa shape index (κ1) is 16.0. The summed E-state index contributed by atoms with van der Waals surface area (Å²) in [6, 6.07) is 9.72. The van der Waals surface area contributed by atoms with E-state index in [2.05, 4.69) is 0 Å². The SMILES string of the molecule is C1CCCCC1.O=C(O)c1ccc2ccccc2c1C(=O)O. The second kappa shape index (κ2) is 7.59. The molecule has 0 amide bonds. The van der Waals surface area contributed by atoms with E-state index in [1.165, 1.54) is 44.6 Å². The number of hydrogen-bond acceptors (Lipinski definition) is 2. The number of benzene rings is 2. The summed E-state index contributed by atoms with van der Waals surface area (Å²) >= 11 is 0. The average molecular weight is 300 g/mol. The highest BCUT2D eigenvalue weighted by atomic mass is 16.4. The first-order chi connectivity index (χ1) is 10.6. The lowest BCUT2D eigenvalue weighted by molar-refractivity contribution is 0.0653. The molecule has 2 N–H and O–H groups in total. The molecular weight excluding hydrogens is 280 g/mol. The van der Waals surface area contributed by atoms with Crippen molar-refractivity contribution in [1.82, 2.24) is 0 Å². The van der Waals surface area contributed by atoms with Crippen molar-refractivity contribution in [3.8, 4) is 0 Å². The van der Waals surface area contributed by atoms with Gasteiger partial charge in [-0.2, -0.15) is 0 Å². The van der Waals surface area contributed by atoms with Gasteiger partial charge in [-0.05, 0) is 16.8 Å². The highest BCUT2D eigenvalue weighted by Crippen LogP contribution is 2.22. The van der Waals surface area contributed by atoms with Crippen molar-refractivity contribution in [1.29, 1.82) is 0 Å². The molecule has 0 saturated heterocycles. The molecule has 4 nitrogen and oxygen atoms in total. The Kier molecular flexibility index (Phi) is 5.53. The van der Waals surface area contributed by atoms with Crippen molar-refractivity contribution < 1.29 is 19.8 Å². The Hall–Kier alpha value is -2.36. The zero-order valence-electron chi connectivity index (χ0n) is 12.4. The molecule has 1 aliphatic rings. The van der Waals surface area contributed by atoms with E-state index >= 15 is 0 Å². The van der Waals surface area contributed by atoms with Gasteiger partial charge in [-0.25, -0.2) is 9.59 Å². The molecule has 2 aromatic rings. The average Bonchev–Trinajstić information content (AvgIpc) is 2.55. The lowest BCUT2D eigenvalue weighted by Gasteiger charge is -2.05. The van der Waals surface area contributed by atoms with Gasteiger partial charge >= 0.3 is 11.9 Å². The summed E-state index contributed by atoms with van der Waals surface area (Å²) in [5.74, 6) is -2.46. The minimum atomic E-state index is -1.23. The Bertz CT molecular complexity index is 660. The molecule has 116 valence electrons. The zero-order valence-corrected chi connectivity index (χ0v) is 12.4. The first-order valence-electron chi connectivity index (χ1n) is 7.59. The second-order valence-electron chi connectivity index (χ2n) is 5.44. The fraction of sp³-hybridized carbons (Fsp3) is 0.333. The van der Waals surface area contributed by atoms with Gasteiger partial charge in [0.25, 0.3) is 0 Å². The van der Waals surface area contributed by atoms with Crippen molar-refractivity contribution in [2.75, 3.05) is 0 Å². The maximum Gasteiger partial charge on any atom is 0.337 e. The Morgan fingerprint density at radius 2 is 1.27 bits per heavy atom. The van der Waals surface area contributed by atoms with Gasteiger partial charge in [0.2, 0.25) is 0 Å². The van der Waals surface area contributed by atoms with Crippen LogP contribution in [0.3, 0.4) is 0 Å². The van der Waals surface area contributed by atoms with Crippen LogP contribution < -0.4 is 0 Å². The fourth-order valence-corrected chi connectivity index (χ4v) is 2.74. The summed E-state index contributed by atoms with van der Waals surface area (Å²) in [7, 11) is 0. The molecule has 2 aromatic carbocycles. The molecule has 4 heteroatoms. The number of aromatic carboxylic acids is 2. The van der Waals surface area contributed by atoms with Gasteiger partial charge in [0.15, 0.2) is 0 Å². The normalized spacial score (nSPS) is 14.0. The van der Waals surface area contributed by atoms with Crippen molar-refractivity contribution >= 4 is 22.7 Å². The smallest absolute Gasteiger partial charge is 0.337 e. The van der Waals surface area contributed by atoms with E-state index in [4.69, 9.17) is 10.2 Å². The highest BCUT2D eigenvalue weighted by Gasteiger charge is 2.18. The fourth-order valence-electron chi connectivity index (χ4n) is 2.74. The zero-order chi connectivity index (χ0) is 15.9. The summed E-state index contributed by atoms with van der Waals surface area (Å²) in [6.07, 6.45) is 9.00. The molecule has 22 heavy (non-hydrogen) atoms. The third-order valence-corrected chi connectivity index (χ3v) is 3.87. The summed E-state index contributed by atoms with van der Waals surface area (Å²) in [5, 5.41) is 19.1. The quantitative estimate of drug-likeness (QED) is 0.851. The predicted molar refractivity (Wildman–Crippen MR) is 85.6 cm³/mol. The minimum Gasteiger partial charge on any atom is -0.478 e. The Morgan fingerprint density at radius 3 is 1.77 bits per heavy atom. The number of hydrogen-bond donors (Lipinski definition) is 2. The Balaban J connectivity index is 0.000000246. The van der Waals surface area contributed by atoms with Crippen LogP contribution in [-0.4, -0.2) is 22.2 Å². The van der Waals surface area contributed by atoms with Crippen molar-refractivity contribution in [3.05, 3.63) is 47.5 Å². The molecule has 1 saturated carbocycles. The summed E-state index contributed by atoms with van der Waals surface area (Å²) in [4.78, 5) is 22.0. The van der Waals surface area contributed by atoms with Gasteiger partial charge in [-0.3, -0.25) is 0 Å². The van der Waals surface area contributed by atoms with Gasteiger partial charge in [0.05, 0.1) is 11.1 Å². The van der Waals surface area contributed by atoms with Gasteiger partial charge in [0, 0.05) is 0 Å². The van der Waals surface area contributed by atoms with Crippen LogP contribution in [0, 0.1) is 0 Å². The summed E-state index contributed by atoms with van der Waals surface area (Å²) in [6.45, 7) is 0. The van der Waals surface area contributed by atoms with E-state index in [0.29, 0.717) is 10.8 Å². The van der Waals surface area contributed by atoms with Crippen LogP contribution in [0.2, 0.25) is 0 Å². The lowest BCUT2D eigenvalue weighted by atomic mass is 9.99.